The summed E-state index contributed by atoms with van der Waals surface area (Å²) >= 11 is 0. The van der Waals surface area contributed by atoms with Crippen LogP contribution in [-0.2, 0) is 14.0 Å². The van der Waals surface area contributed by atoms with Crippen molar-refractivity contribution in [3.8, 4) is 0 Å². The predicted octanol–water partition coefficient (Wildman–Crippen LogP) is 2.27. The third kappa shape index (κ3) is 2.38. The van der Waals surface area contributed by atoms with Crippen molar-refractivity contribution in [3.05, 3.63) is 60.2 Å². The molecule has 0 radical (unpaired) electrons. The molecule has 0 aromatic heterocycles. The van der Waals surface area contributed by atoms with Crippen molar-refractivity contribution in [2.45, 2.75) is 6.92 Å². The second-order valence-corrected chi connectivity index (χ2v) is 11.5. The summed E-state index contributed by atoms with van der Waals surface area (Å²) in [5.41, 5.74) is 0.722. The van der Waals surface area contributed by atoms with Gasteiger partial charge in [-0.2, -0.15) is 0 Å². The van der Waals surface area contributed by atoms with Crippen molar-refractivity contribution in [2.75, 3.05) is 6.26 Å². The topological polar surface area (TPSA) is 51.2 Å². The molecule has 100 valence electrons. The zero-order chi connectivity index (χ0) is 14.1. The lowest BCUT2D eigenvalue weighted by Gasteiger charge is -2.18. The van der Waals surface area contributed by atoms with Gasteiger partial charge in [0.1, 0.15) is 0 Å². The van der Waals surface area contributed by atoms with Crippen LogP contribution in [0.15, 0.2) is 54.6 Å². The highest BCUT2D eigenvalue weighted by Gasteiger charge is 2.39. The molecular formula is C14H15O3PS. The Bertz CT molecular complexity index is 736. The summed E-state index contributed by atoms with van der Waals surface area (Å²) in [6, 6.07) is 15.3. The Morgan fingerprint density at radius 1 is 0.895 bits per heavy atom. The summed E-state index contributed by atoms with van der Waals surface area (Å²) in [6.45, 7) is 1.77. The number of hydrogen-bond acceptors (Lipinski definition) is 3. The monoisotopic (exact) mass is 294 g/mol. The lowest BCUT2D eigenvalue weighted by Crippen LogP contribution is -2.23. The molecule has 0 spiro atoms. The fourth-order valence-electron chi connectivity index (χ4n) is 2.03. The van der Waals surface area contributed by atoms with Crippen LogP contribution in [0, 0.1) is 6.92 Å². The molecule has 0 aliphatic rings. The lowest BCUT2D eigenvalue weighted by atomic mass is 10.2. The van der Waals surface area contributed by atoms with Crippen LogP contribution in [0.5, 0.6) is 0 Å². The third-order valence-electron chi connectivity index (χ3n) is 3.00. The van der Waals surface area contributed by atoms with Crippen molar-refractivity contribution < 1.29 is 13.0 Å². The molecule has 1 atom stereocenters. The SMILES string of the molecule is Cc1ccccc1P(=O)(c1ccccc1)S(C)(=O)=O. The van der Waals surface area contributed by atoms with Crippen LogP contribution in [-0.4, -0.2) is 14.7 Å². The number of benzene rings is 2. The summed E-state index contributed by atoms with van der Waals surface area (Å²) in [5.74, 6) is 0. The van der Waals surface area contributed by atoms with Crippen LogP contribution < -0.4 is 10.6 Å². The van der Waals surface area contributed by atoms with Gasteiger partial charge in [0.25, 0.3) is 6.34 Å². The van der Waals surface area contributed by atoms with Crippen molar-refractivity contribution in [1.29, 1.82) is 0 Å². The van der Waals surface area contributed by atoms with Crippen LogP contribution in [0.1, 0.15) is 5.56 Å². The zero-order valence-electron chi connectivity index (χ0n) is 10.8. The fraction of sp³-hybridized carbons (Fsp3) is 0.143. The van der Waals surface area contributed by atoms with E-state index in [1.54, 1.807) is 61.5 Å². The molecule has 0 amide bonds. The molecule has 0 bridgehead atoms. The molecule has 0 aliphatic heterocycles. The van der Waals surface area contributed by atoms with Crippen LogP contribution in [0.25, 0.3) is 0 Å². The normalized spacial score (nSPS) is 14.8. The summed E-state index contributed by atoms with van der Waals surface area (Å²) in [6.07, 6.45) is -2.64. The molecule has 0 N–H and O–H groups in total. The minimum atomic E-state index is -3.74. The summed E-state index contributed by atoms with van der Waals surface area (Å²) in [5, 5.41) is 0.746. The molecule has 2 aromatic rings. The third-order valence-corrected chi connectivity index (χ3v) is 10.1. The average molecular weight is 294 g/mol. The predicted molar refractivity (Wildman–Crippen MR) is 79.3 cm³/mol. The molecule has 0 saturated heterocycles. The maximum atomic E-state index is 13.3. The van der Waals surface area contributed by atoms with Gasteiger partial charge in [0, 0.05) is 16.9 Å². The van der Waals surface area contributed by atoms with Gasteiger partial charge >= 0.3 is 0 Å². The van der Waals surface area contributed by atoms with Crippen LogP contribution in [0.3, 0.4) is 0 Å². The number of rotatable bonds is 3. The van der Waals surface area contributed by atoms with Crippen LogP contribution >= 0.6 is 6.34 Å². The summed E-state index contributed by atoms with van der Waals surface area (Å²) < 4.78 is 37.6. The van der Waals surface area contributed by atoms with E-state index in [4.69, 9.17) is 0 Å². The first-order valence-electron chi connectivity index (χ1n) is 5.79. The Labute approximate surface area is 113 Å². The van der Waals surface area contributed by atoms with E-state index in [9.17, 15) is 13.0 Å². The quantitative estimate of drug-likeness (QED) is 0.816. The molecule has 0 heterocycles. The Morgan fingerprint density at radius 3 is 1.95 bits per heavy atom. The van der Waals surface area contributed by atoms with E-state index in [0.29, 0.717) is 10.6 Å². The van der Waals surface area contributed by atoms with E-state index in [-0.39, 0.29) is 0 Å². The highest BCUT2D eigenvalue weighted by molar-refractivity contribution is 8.57. The van der Waals surface area contributed by atoms with E-state index < -0.39 is 15.8 Å². The van der Waals surface area contributed by atoms with Gasteiger partial charge in [-0.3, -0.25) is 4.57 Å². The van der Waals surface area contributed by atoms with E-state index in [0.717, 1.165) is 11.8 Å². The zero-order valence-corrected chi connectivity index (χ0v) is 12.5. The average Bonchev–Trinajstić information content (AvgIpc) is 2.38. The minimum absolute atomic E-state index is 0.354. The molecule has 0 fully saturated rings. The smallest absolute Gasteiger partial charge is 0.251 e. The van der Waals surface area contributed by atoms with E-state index >= 15 is 0 Å². The minimum Gasteiger partial charge on any atom is -0.297 e. The maximum absolute atomic E-state index is 13.3. The van der Waals surface area contributed by atoms with Gasteiger partial charge in [-0.1, -0.05) is 48.5 Å². The van der Waals surface area contributed by atoms with Crippen molar-refractivity contribution in [1.82, 2.24) is 0 Å². The standard InChI is InChI=1S/C14H15O3PS/c1-12-8-6-7-11-14(12)18(15,19(2,16)17)13-9-4-3-5-10-13/h3-11H,1-2H3. The molecule has 2 rings (SSSR count). The highest BCUT2D eigenvalue weighted by Crippen LogP contribution is 2.49. The van der Waals surface area contributed by atoms with E-state index in [2.05, 4.69) is 0 Å². The molecule has 2 aromatic carbocycles. The first-order valence-corrected chi connectivity index (χ1v) is 10.00. The molecule has 3 nitrogen and oxygen atoms in total. The Morgan fingerprint density at radius 2 is 1.42 bits per heavy atom. The van der Waals surface area contributed by atoms with Gasteiger partial charge in [0.05, 0.1) is 0 Å². The molecule has 0 saturated carbocycles. The van der Waals surface area contributed by atoms with Crippen molar-refractivity contribution in [3.63, 3.8) is 0 Å². The van der Waals surface area contributed by atoms with Crippen LogP contribution in [0.4, 0.5) is 0 Å². The molecule has 0 aliphatic carbocycles. The van der Waals surface area contributed by atoms with Gasteiger partial charge < -0.3 is 0 Å². The van der Waals surface area contributed by atoms with E-state index in [1.807, 2.05) is 0 Å². The van der Waals surface area contributed by atoms with Crippen molar-refractivity contribution >= 4 is 26.4 Å². The first kappa shape index (κ1) is 14.0. The van der Waals surface area contributed by atoms with Gasteiger partial charge in [-0.25, -0.2) is 8.42 Å². The Kier molecular flexibility index (Phi) is 3.66. The number of aryl methyl sites for hydroxylation is 1. The highest BCUT2D eigenvalue weighted by atomic mass is 32.8. The molecular weight excluding hydrogens is 279 g/mol. The Balaban J connectivity index is 2.83. The fourth-order valence-corrected chi connectivity index (χ4v) is 7.63. The van der Waals surface area contributed by atoms with Gasteiger partial charge in [-0.15, -0.1) is 0 Å². The second-order valence-electron chi connectivity index (χ2n) is 4.41. The second kappa shape index (κ2) is 4.95. The van der Waals surface area contributed by atoms with Gasteiger partial charge in [0.15, 0.2) is 0 Å². The van der Waals surface area contributed by atoms with E-state index in [1.165, 1.54) is 0 Å². The Hall–Kier alpha value is -1.38. The summed E-state index contributed by atoms with van der Waals surface area (Å²) in [7, 11) is -3.74. The molecule has 1 unspecified atom stereocenters. The van der Waals surface area contributed by atoms with Crippen molar-refractivity contribution in [2.24, 2.45) is 0 Å². The maximum Gasteiger partial charge on any atom is 0.251 e. The van der Waals surface area contributed by atoms with Crippen LogP contribution in [0.2, 0.25) is 0 Å². The molecule has 19 heavy (non-hydrogen) atoms. The largest absolute Gasteiger partial charge is 0.297 e. The van der Waals surface area contributed by atoms with Gasteiger partial charge in [-0.05, 0) is 18.6 Å². The van der Waals surface area contributed by atoms with Gasteiger partial charge in [0.2, 0.25) is 9.46 Å². The summed E-state index contributed by atoms with van der Waals surface area (Å²) in [4.78, 5) is 0. The number of hydrogen-bond donors (Lipinski definition) is 0. The molecule has 5 heteroatoms. The first-order chi connectivity index (χ1) is 8.87. The lowest BCUT2D eigenvalue weighted by molar-refractivity contribution is 0.582.